The van der Waals surface area contributed by atoms with E-state index in [2.05, 4.69) is 31.4 Å². The Morgan fingerprint density at radius 1 is 1.22 bits per heavy atom. The lowest BCUT2D eigenvalue weighted by molar-refractivity contribution is -0.116. The van der Waals surface area contributed by atoms with Crippen molar-refractivity contribution in [2.75, 3.05) is 5.32 Å². The Morgan fingerprint density at radius 3 is 2.67 bits per heavy atom. The molecule has 0 aliphatic rings. The molecule has 142 valence electrons. The molecule has 0 saturated heterocycles. The van der Waals surface area contributed by atoms with Crippen LogP contribution in [0.25, 0.3) is 0 Å². The normalized spacial score (nSPS) is 11.0. The molecule has 2 aromatic heterocycles. The van der Waals surface area contributed by atoms with Crippen molar-refractivity contribution in [3.8, 4) is 0 Å². The van der Waals surface area contributed by atoms with Gasteiger partial charge in [-0.25, -0.2) is 0 Å². The minimum atomic E-state index is -0.192. The average molecular weight is 492 g/mol. The number of benzene rings is 1. The summed E-state index contributed by atoms with van der Waals surface area (Å²) in [6, 6.07) is 5.34. The van der Waals surface area contributed by atoms with E-state index >= 15 is 0 Å². The Balaban J connectivity index is 1.61. The number of anilines is 1. The Hall–Kier alpha value is -1.54. The van der Waals surface area contributed by atoms with Crippen LogP contribution in [0.15, 0.2) is 35.1 Å². The summed E-state index contributed by atoms with van der Waals surface area (Å²) in [7, 11) is 0. The lowest BCUT2D eigenvalue weighted by Crippen LogP contribution is -2.16. The molecule has 0 atom stereocenters. The molecule has 0 spiro atoms. The van der Waals surface area contributed by atoms with Gasteiger partial charge in [-0.1, -0.05) is 40.9 Å². The first-order valence-corrected chi connectivity index (χ1v) is 9.91. The summed E-state index contributed by atoms with van der Waals surface area (Å²) in [5.41, 5.74) is 1.88. The molecular weight excluding hydrogens is 476 g/mol. The van der Waals surface area contributed by atoms with Gasteiger partial charge in [-0.2, -0.15) is 10.2 Å². The van der Waals surface area contributed by atoms with Crippen LogP contribution in [0.1, 0.15) is 17.7 Å². The lowest BCUT2D eigenvalue weighted by Gasteiger charge is -2.06. The number of amides is 1. The Bertz CT molecular complexity index is 985. The van der Waals surface area contributed by atoms with Crippen LogP contribution in [0.4, 0.5) is 5.82 Å². The van der Waals surface area contributed by atoms with Crippen molar-refractivity contribution in [3.63, 3.8) is 0 Å². The summed E-state index contributed by atoms with van der Waals surface area (Å²) in [6.07, 6.45) is 3.61. The van der Waals surface area contributed by atoms with Crippen LogP contribution >= 0.6 is 50.7 Å². The molecule has 27 heavy (non-hydrogen) atoms. The molecule has 1 N–H and O–H groups in total. The van der Waals surface area contributed by atoms with Gasteiger partial charge in [-0.05, 0) is 40.5 Å². The largest absolute Gasteiger partial charge is 0.308 e. The van der Waals surface area contributed by atoms with Gasteiger partial charge in [0.25, 0.3) is 0 Å². The van der Waals surface area contributed by atoms with Crippen molar-refractivity contribution in [2.45, 2.75) is 26.4 Å². The average Bonchev–Trinajstić information content (AvgIpc) is 3.12. The van der Waals surface area contributed by atoms with E-state index in [9.17, 15) is 4.79 Å². The first-order chi connectivity index (χ1) is 12.8. The zero-order valence-corrected chi connectivity index (χ0v) is 18.1. The maximum Gasteiger partial charge on any atom is 0.227 e. The molecule has 3 rings (SSSR count). The third-order valence-electron chi connectivity index (χ3n) is 3.90. The summed E-state index contributed by atoms with van der Waals surface area (Å²) in [4.78, 5) is 12.2. The number of aromatic nitrogens is 4. The van der Waals surface area contributed by atoms with Crippen LogP contribution in [0.5, 0.6) is 0 Å². The molecular formula is C17H15BrCl3N5O. The number of halogens is 4. The van der Waals surface area contributed by atoms with E-state index < -0.39 is 0 Å². The maximum absolute atomic E-state index is 12.2. The molecule has 10 heteroatoms. The number of aryl methyl sites for hydroxylation is 1. The van der Waals surface area contributed by atoms with Crippen LogP contribution in [0.2, 0.25) is 15.1 Å². The molecule has 1 amide bonds. The van der Waals surface area contributed by atoms with Gasteiger partial charge in [0.15, 0.2) is 5.82 Å². The van der Waals surface area contributed by atoms with Gasteiger partial charge in [0.05, 0.1) is 33.8 Å². The highest BCUT2D eigenvalue weighted by molar-refractivity contribution is 9.10. The topological polar surface area (TPSA) is 64.7 Å². The number of hydrogen-bond acceptors (Lipinski definition) is 3. The van der Waals surface area contributed by atoms with E-state index in [4.69, 9.17) is 34.8 Å². The number of hydrogen-bond donors (Lipinski definition) is 1. The van der Waals surface area contributed by atoms with Gasteiger partial charge in [-0.15, -0.1) is 0 Å². The van der Waals surface area contributed by atoms with Crippen LogP contribution < -0.4 is 5.32 Å². The number of carbonyl (C=O) groups excluding carboxylic acids is 1. The fourth-order valence-corrected chi connectivity index (χ4v) is 3.25. The molecule has 6 nitrogen and oxygen atoms in total. The monoisotopic (exact) mass is 489 g/mol. The number of nitrogens with one attached hydrogen (secondary N) is 1. The predicted octanol–water partition coefficient (Wildman–Crippen LogP) is 5.19. The first-order valence-electron chi connectivity index (χ1n) is 7.98. The minimum Gasteiger partial charge on any atom is -0.308 e. The van der Waals surface area contributed by atoms with E-state index in [1.54, 1.807) is 33.9 Å². The third-order valence-corrected chi connectivity index (χ3v) is 5.69. The van der Waals surface area contributed by atoms with E-state index in [1.807, 2.05) is 13.0 Å². The molecule has 0 aliphatic heterocycles. The van der Waals surface area contributed by atoms with Crippen molar-refractivity contribution in [3.05, 3.63) is 61.4 Å². The second-order valence-electron chi connectivity index (χ2n) is 5.87. The van der Waals surface area contributed by atoms with E-state index in [0.29, 0.717) is 34.0 Å². The molecule has 0 radical (unpaired) electrons. The maximum atomic E-state index is 12.2. The zero-order chi connectivity index (χ0) is 19.6. The highest BCUT2D eigenvalue weighted by Gasteiger charge is 2.12. The van der Waals surface area contributed by atoms with Crippen molar-refractivity contribution >= 4 is 62.5 Å². The third kappa shape index (κ3) is 5.04. The summed E-state index contributed by atoms with van der Waals surface area (Å²) in [5.74, 6) is 0.128. The molecule has 2 heterocycles. The van der Waals surface area contributed by atoms with Crippen LogP contribution in [0, 0.1) is 6.92 Å². The second-order valence-corrected chi connectivity index (χ2v) is 7.95. The zero-order valence-electron chi connectivity index (χ0n) is 14.2. The molecule has 0 aliphatic carbocycles. The highest BCUT2D eigenvalue weighted by atomic mass is 79.9. The van der Waals surface area contributed by atoms with Gasteiger partial charge < -0.3 is 5.32 Å². The van der Waals surface area contributed by atoms with Crippen molar-refractivity contribution < 1.29 is 4.79 Å². The Morgan fingerprint density at radius 2 is 2.00 bits per heavy atom. The van der Waals surface area contributed by atoms with E-state index in [1.165, 1.54) is 0 Å². The van der Waals surface area contributed by atoms with E-state index in [0.717, 1.165) is 15.7 Å². The van der Waals surface area contributed by atoms with Crippen LogP contribution in [-0.4, -0.2) is 25.5 Å². The summed E-state index contributed by atoms with van der Waals surface area (Å²) in [5, 5.41) is 12.6. The molecule has 0 unspecified atom stereocenters. The highest BCUT2D eigenvalue weighted by Crippen LogP contribution is 2.24. The number of carbonyl (C=O) groups is 1. The number of rotatable bonds is 6. The first kappa shape index (κ1) is 20.2. The summed E-state index contributed by atoms with van der Waals surface area (Å²) >= 11 is 21.5. The summed E-state index contributed by atoms with van der Waals surface area (Å²) < 4.78 is 4.30. The molecule has 0 saturated carbocycles. The molecule has 0 fully saturated rings. The lowest BCUT2D eigenvalue weighted by atomic mass is 10.2. The van der Waals surface area contributed by atoms with Crippen molar-refractivity contribution in [1.29, 1.82) is 0 Å². The van der Waals surface area contributed by atoms with Gasteiger partial charge in [0.1, 0.15) is 5.02 Å². The number of nitrogens with zero attached hydrogens (tertiary/aromatic N) is 4. The van der Waals surface area contributed by atoms with Gasteiger partial charge in [0, 0.05) is 18.3 Å². The molecule has 1 aromatic carbocycles. The van der Waals surface area contributed by atoms with Crippen LogP contribution in [-0.2, 0) is 17.9 Å². The van der Waals surface area contributed by atoms with Gasteiger partial charge in [-0.3, -0.25) is 14.2 Å². The fourth-order valence-electron chi connectivity index (χ4n) is 2.44. The van der Waals surface area contributed by atoms with Gasteiger partial charge in [0.2, 0.25) is 5.91 Å². The molecule has 0 bridgehead atoms. The molecule has 3 aromatic rings. The fraction of sp³-hybridized carbons (Fsp3) is 0.235. The quantitative estimate of drug-likeness (QED) is 0.516. The summed E-state index contributed by atoms with van der Waals surface area (Å²) in [6.45, 7) is 2.84. The smallest absolute Gasteiger partial charge is 0.227 e. The van der Waals surface area contributed by atoms with E-state index in [-0.39, 0.29) is 12.3 Å². The van der Waals surface area contributed by atoms with Crippen molar-refractivity contribution in [2.24, 2.45) is 0 Å². The minimum absolute atomic E-state index is 0.192. The van der Waals surface area contributed by atoms with Crippen LogP contribution in [0.3, 0.4) is 0 Å². The Kier molecular flexibility index (Phi) is 6.47. The Labute approximate surface area is 179 Å². The predicted molar refractivity (Wildman–Crippen MR) is 111 cm³/mol. The SMILES string of the molecule is Cc1c(Br)cnn1CCC(=O)Nc1nn(Cc2ccc(Cl)c(Cl)c2)cc1Cl. The van der Waals surface area contributed by atoms with Gasteiger partial charge >= 0.3 is 0 Å². The standard InChI is InChI=1S/C17H15BrCl3N5O/c1-10-12(18)7-22-26(10)5-4-16(27)23-17-15(21)9-25(24-17)8-11-2-3-13(19)14(20)6-11/h2-3,6-7,9H,4-5,8H2,1H3,(H,23,24,27). The second kappa shape index (κ2) is 8.65. The van der Waals surface area contributed by atoms with Crippen molar-refractivity contribution in [1.82, 2.24) is 19.6 Å².